The lowest BCUT2D eigenvalue weighted by molar-refractivity contribution is 0.861. The van der Waals surface area contributed by atoms with E-state index in [-0.39, 0.29) is 5.28 Å². The van der Waals surface area contributed by atoms with Gasteiger partial charge in [-0.2, -0.15) is 0 Å². The third kappa shape index (κ3) is 2.67. The fourth-order valence-corrected chi connectivity index (χ4v) is 1.50. The van der Waals surface area contributed by atoms with E-state index in [1.807, 2.05) is 36.2 Å². The summed E-state index contributed by atoms with van der Waals surface area (Å²) in [6.45, 7) is 0.689. The molecule has 0 aliphatic carbocycles. The molecule has 5 heteroatoms. The van der Waals surface area contributed by atoms with E-state index in [1.54, 1.807) is 12.4 Å². The highest BCUT2D eigenvalue weighted by Crippen LogP contribution is 2.12. The van der Waals surface area contributed by atoms with Gasteiger partial charge in [0.1, 0.15) is 5.82 Å². The third-order valence-corrected chi connectivity index (χ3v) is 2.31. The van der Waals surface area contributed by atoms with Gasteiger partial charge in [0.2, 0.25) is 5.28 Å². The summed E-state index contributed by atoms with van der Waals surface area (Å²) < 4.78 is 0. The van der Waals surface area contributed by atoms with Crippen LogP contribution >= 0.6 is 11.6 Å². The molecule has 82 valence electrons. The highest BCUT2D eigenvalue weighted by Gasteiger charge is 2.04. The van der Waals surface area contributed by atoms with Gasteiger partial charge in [0, 0.05) is 19.4 Å². The van der Waals surface area contributed by atoms with Gasteiger partial charge in [-0.05, 0) is 29.8 Å². The molecular weight excluding hydrogens is 224 g/mol. The van der Waals surface area contributed by atoms with Crippen molar-refractivity contribution in [2.24, 2.45) is 0 Å². The zero-order valence-electron chi connectivity index (χ0n) is 8.84. The van der Waals surface area contributed by atoms with E-state index < -0.39 is 0 Å². The highest BCUT2D eigenvalue weighted by atomic mass is 35.5. The first-order valence-electron chi connectivity index (χ1n) is 4.85. The number of aromatic nitrogens is 3. The Morgan fingerprint density at radius 2 is 2.06 bits per heavy atom. The van der Waals surface area contributed by atoms with E-state index in [9.17, 15) is 0 Å². The lowest BCUT2D eigenvalue weighted by Gasteiger charge is -2.17. The Labute approximate surface area is 98.9 Å². The molecule has 0 aromatic carbocycles. The van der Waals surface area contributed by atoms with Crippen molar-refractivity contribution < 1.29 is 0 Å². The minimum absolute atomic E-state index is 0.255. The summed E-state index contributed by atoms with van der Waals surface area (Å²) in [5.74, 6) is 0.783. The Kier molecular flexibility index (Phi) is 3.31. The molecule has 0 aliphatic rings. The number of halogens is 1. The zero-order valence-corrected chi connectivity index (χ0v) is 9.59. The van der Waals surface area contributed by atoms with Gasteiger partial charge >= 0.3 is 0 Å². The zero-order chi connectivity index (χ0) is 11.4. The van der Waals surface area contributed by atoms with Crippen molar-refractivity contribution in [3.63, 3.8) is 0 Å². The maximum absolute atomic E-state index is 5.73. The third-order valence-electron chi connectivity index (χ3n) is 2.13. The van der Waals surface area contributed by atoms with Crippen LogP contribution in [0.25, 0.3) is 0 Å². The molecule has 4 nitrogen and oxygen atoms in total. The number of rotatable bonds is 3. The van der Waals surface area contributed by atoms with Crippen molar-refractivity contribution in [3.05, 3.63) is 47.6 Å². The molecule has 2 heterocycles. The Bertz CT molecular complexity index is 461. The molecule has 2 rings (SSSR count). The molecule has 0 amide bonds. The molecule has 0 unspecified atom stereocenters. The van der Waals surface area contributed by atoms with Crippen LogP contribution in [-0.4, -0.2) is 22.0 Å². The van der Waals surface area contributed by atoms with Crippen LogP contribution < -0.4 is 4.90 Å². The van der Waals surface area contributed by atoms with Gasteiger partial charge in [-0.15, -0.1) is 0 Å². The summed E-state index contributed by atoms with van der Waals surface area (Å²) >= 11 is 5.73. The van der Waals surface area contributed by atoms with Gasteiger partial charge in [-0.3, -0.25) is 4.98 Å². The number of anilines is 1. The van der Waals surface area contributed by atoms with Gasteiger partial charge in [-0.1, -0.05) is 6.07 Å². The lowest BCUT2D eigenvalue weighted by Crippen LogP contribution is -2.18. The molecule has 0 saturated heterocycles. The standard InChI is InChI=1S/C11H11ClN4/c1-16(8-9-4-2-3-6-13-9)10-5-7-14-11(12)15-10/h2-7H,8H2,1H3. The molecule has 0 N–H and O–H groups in total. The average molecular weight is 235 g/mol. The predicted octanol–water partition coefficient (Wildman–Crippen LogP) is 2.16. The van der Waals surface area contributed by atoms with Crippen LogP contribution in [0.5, 0.6) is 0 Å². The summed E-state index contributed by atoms with van der Waals surface area (Å²) in [6, 6.07) is 7.64. The maximum atomic E-state index is 5.73. The van der Waals surface area contributed by atoms with Crippen LogP contribution in [0.3, 0.4) is 0 Å². The summed E-state index contributed by atoms with van der Waals surface area (Å²) in [4.78, 5) is 14.2. The van der Waals surface area contributed by atoms with Crippen molar-refractivity contribution in [1.82, 2.24) is 15.0 Å². The van der Waals surface area contributed by atoms with Crippen molar-refractivity contribution in [3.8, 4) is 0 Å². The molecular formula is C11H11ClN4. The Morgan fingerprint density at radius 1 is 1.19 bits per heavy atom. The Hall–Kier alpha value is -1.68. The fraction of sp³-hybridized carbons (Fsp3) is 0.182. The second-order valence-electron chi connectivity index (χ2n) is 3.36. The van der Waals surface area contributed by atoms with Crippen molar-refractivity contribution in [2.45, 2.75) is 6.54 Å². The minimum Gasteiger partial charge on any atom is -0.354 e. The van der Waals surface area contributed by atoms with Gasteiger partial charge in [0.25, 0.3) is 0 Å². The first kappa shape index (κ1) is 10.8. The molecule has 0 radical (unpaired) electrons. The van der Waals surface area contributed by atoms with E-state index in [0.717, 1.165) is 11.5 Å². The predicted molar refractivity (Wildman–Crippen MR) is 63.4 cm³/mol. The van der Waals surface area contributed by atoms with E-state index in [1.165, 1.54) is 0 Å². The molecule has 0 atom stereocenters. The van der Waals surface area contributed by atoms with Gasteiger partial charge in [0.15, 0.2) is 0 Å². The van der Waals surface area contributed by atoms with Crippen molar-refractivity contribution >= 4 is 17.4 Å². The van der Waals surface area contributed by atoms with Gasteiger partial charge in [0.05, 0.1) is 12.2 Å². The summed E-state index contributed by atoms with van der Waals surface area (Å²) in [7, 11) is 1.94. The first-order valence-corrected chi connectivity index (χ1v) is 5.23. The molecule has 2 aromatic heterocycles. The number of hydrogen-bond acceptors (Lipinski definition) is 4. The average Bonchev–Trinajstić information content (AvgIpc) is 2.30. The van der Waals surface area contributed by atoms with Crippen molar-refractivity contribution in [2.75, 3.05) is 11.9 Å². The number of pyridine rings is 1. The maximum Gasteiger partial charge on any atom is 0.224 e. The summed E-state index contributed by atoms with van der Waals surface area (Å²) in [5.41, 5.74) is 0.986. The molecule has 0 aliphatic heterocycles. The fourth-order valence-electron chi connectivity index (χ4n) is 1.35. The van der Waals surface area contributed by atoms with Crippen LogP contribution in [0, 0.1) is 0 Å². The SMILES string of the molecule is CN(Cc1ccccn1)c1ccnc(Cl)n1. The van der Waals surface area contributed by atoms with E-state index in [0.29, 0.717) is 6.54 Å². The highest BCUT2D eigenvalue weighted by molar-refractivity contribution is 6.28. The van der Waals surface area contributed by atoms with Crippen LogP contribution in [-0.2, 0) is 6.54 Å². The Balaban J connectivity index is 2.12. The molecule has 2 aromatic rings. The number of hydrogen-bond donors (Lipinski definition) is 0. The largest absolute Gasteiger partial charge is 0.354 e. The van der Waals surface area contributed by atoms with Gasteiger partial charge in [-0.25, -0.2) is 9.97 Å². The van der Waals surface area contributed by atoms with Crippen LogP contribution in [0.4, 0.5) is 5.82 Å². The van der Waals surface area contributed by atoms with E-state index in [4.69, 9.17) is 11.6 Å². The first-order chi connectivity index (χ1) is 7.75. The topological polar surface area (TPSA) is 41.9 Å². The van der Waals surface area contributed by atoms with Crippen molar-refractivity contribution in [1.29, 1.82) is 0 Å². The summed E-state index contributed by atoms with van der Waals surface area (Å²) in [6.07, 6.45) is 3.41. The van der Waals surface area contributed by atoms with Crippen LogP contribution in [0.15, 0.2) is 36.7 Å². The van der Waals surface area contributed by atoms with Gasteiger partial charge < -0.3 is 4.90 Å². The molecule has 0 saturated carbocycles. The van der Waals surface area contributed by atoms with E-state index in [2.05, 4.69) is 15.0 Å². The second kappa shape index (κ2) is 4.90. The van der Waals surface area contributed by atoms with E-state index >= 15 is 0 Å². The normalized spacial score (nSPS) is 10.1. The quantitative estimate of drug-likeness (QED) is 0.764. The summed E-state index contributed by atoms with van der Waals surface area (Å²) in [5, 5.41) is 0.255. The van der Waals surface area contributed by atoms with Crippen LogP contribution in [0.2, 0.25) is 5.28 Å². The molecule has 0 spiro atoms. The molecule has 0 bridgehead atoms. The van der Waals surface area contributed by atoms with Crippen LogP contribution in [0.1, 0.15) is 5.69 Å². The Morgan fingerprint density at radius 3 is 2.75 bits per heavy atom. The second-order valence-corrected chi connectivity index (χ2v) is 3.70. The monoisotopic (exact) mass is 234 g/mol. The lowest BCUT2D eigenvalue weighted by atomic mass is 10.3. The number of nitrogens with zero attached hydrogens (tertiary/aromatic N) is 4. The molecule has 0 fully saturated rings. The smallest absolute Gasteiger partial charge is 0.224 e. The molecule has 16 heavy (non-hydrogen) atoms. The minimum atomic E-state index is 0.255.